The van der Waals surface area contributed by atoms with Crippen LogP contribution in [0, 0.1) is 6.92 Å². The highest BCUT2D eigenvalue weighted by Gasteiger charge is 2.42. The van der Waals surface area contributed by atoms with Crippen molar-refractivity contribution in [3.8, 4) is 0 Å². The summed E-state index contributed by atoms with van der Waals surface area (Å²) in [6, 6.07) is 9.97. The van der Waals surface area contributed by atoms with Crippen LogP contribution in [0.3, 0.4) is 0 Å². The summed E-state index contributed by atoms with van der Waals surface area (Å²) in [7, 11) is 3.88. The zero-order valence-electron chi connectivity index (χ0n) is 16.3. The minimum atomic E-state index is -0.532. The van der Waals surface area contributed by atoms with Crippen LogP contribution in [0.2, 0.25) is 10.0 Å². The average Bonchev–Trinajstić information content (AvgIpc) is 2.95. The number of aryl methyl sites for hydroxylation is 1. The molecule has 0 saturated heterocycles. The normalized spacial score (nSPS) is 16.1. The summed E-state index contributed by atoms with van der Waals surface area (Å²) in [5.41, 5.74) is 2.08. The highest BCUT2D eigenvalue weighted by molar-refractivity contribution is 6.32. The van der Waals surface area contributed by atoms with Gasteiger partial charge in [0.05, 0.1) is 17.0 Å². The van der Waals surface area contributed by atoms with E-state index >= 15 is 0 Å². The van der Waals surface area contributed by atoms with Crippen LogP contribution < -0.4 is 5.43 Å². The molecule has 3 aromatic rings. The fourth-order valence-corrected chi connectivity index (χ4v) is 3.96. The summed E-state index contributed by atoms with van der Waals surface area (Å²) < 4.78 is 5.96. The second-order valence-electron chi connectivity index (χ2n) is 7.53. The minimum absolute atomic E-state index is 0.0999. The van der Waals surface area contributed by atoms with E-state index in [4.69, 9.17) is 27.6 Å². The smallest absolute Gasteiger partial charge is 0.290 e. The van der Waals surface area contributed by atoms with Gasteiger partial charge < -0.3 is 14.2 Å². The number of carbonyl (C=O) groups excluding carboxylic acids is 1. The van der Waals surface area contributed by atoms with E-state index in [1.54, 1.807) is 29.2 Å². The van der Waals surface area contributed by atoms with Crippen molar-refractivity contribution in [2.75, 3.05) is 27.2 Å². The first-order valence-electron chi connectivity index (χ1n) is 9.26. The van der Waals surface area contributed by atoms with Crippen LogP contribution in [-0.2, 0) is 0 Å². The van der Waals surface area contributed by atoms with Crippen molar-refractivity contribution >= 4 is 40.1 Å². The Hall–Kier alpha value is -2.34. The molecule has 150 valence electrons. The maximum absolute atomic E-state index is 13.4. The van der Waals surface area contributed by atoms with Gasteiger partial charge in [0.2, 0.25) is 5.76 Å². The number of amides is 1. The van der Waals surface area contributed by atoms with Gasteiger partial charge in [0.15, 0.2) is 5.43 Å². The SMILES string of the molecule is Cc1cc2oc3c(c(=O)c2cc1Cl)C(c1ccc(Cl)cc1)N(CCN(C)C)C3=O. The highest BCUT2D eigenvalue weighted by Crippen LogP contribution is 2.38. The lowest BCUT2D eigenvalue weighted by molar-refractivity contribution is 0.0716. The molecule has 1 aliphatic heterocycles. The number of hydrogen-bond donors (Lipinski definition) is 0. The van der Waals surface area contributed by atoms with Crippen molar-refractivity contribution in [3.05, 3.63) is 79.1 Å². The van der Waals surface area contributed by atoms with E-state index in [-0.39, 0.29) is 17.1 Å². The molecule has 1 aliphatic rings. The number of halogens is 2. The molecular weight excluding hydrogens is 411 g/mol. The molecule has 0 radical (unpaired) electrons. The molecule has 1 aromatic heterocycles. The van der Waals surface area contributed by atoms with Crippen molar-refractivity contribution in [2.24, 2.45) is 0 Å². The highest BCUT2D eigenvalue weighted by atomic mass is 35.5. The quantitative estimate of drug-likeness (QED) is 0.610. The summed E-state index contributed by atoms with van der Waals surface area (Å²) >= 11 is 12.3. The number of rotatable bonds is 4. The van der Waals surface area contributed by atoms with E-state index in [1.165, 1.54) is 0 Å². The van der Waals surface area contributed by atoms with Crippen molar-refractivity contribution in [1.82, 2.24) is 9.80 Å². The number of hydrogen-bond acceptors (Lipinski definition) is 4. The van der Waals surface area contributed by atoms with E-state index in [2.05, 4.69) is 0 Å². The van der Waals surface area contributed by atoms with E-state index in [0.29, 0.717) is 39.7 Å². The Morgan fingerprint density at radius 2 is 1.79 bits per heavy atom. The van der Waals surface area contributed by atoms with Gasteiger partial charge in [-0.1, -0.05) is 35.3 Å². The number of nitrogens with zero attached hydrogens (tertiary/aromatic N) is 2. The molecule has 0 saturated carbocycles. The lowest BCUT2D eigenvalue weighted by atomic mass is 9.98. The van der Waals surface area contributed by atoms with Crippen LogP contribution in [-0.4, -0.2) is 42.9 Å². The third-order valence-corrected chi connectivity index (χ3v) is 5.88. The molecule has 7 heteroatoms. The van der Waals surface area contributed by atoms with Gasteiger partial charge in [-0.3, -0.25) is 9.59 Å². The topological polar surface area (TPSA) is 53.8 Å². The Bertz CT molecular complexity index is 1170. The molecule has 4 rings (SSSR count). The predicted octanol–water partition coefficient (Wildman–Crippen LogP) is 4.52. The third kappa shape index (κ3) is 3.44. The van der Waals surface area contributed by atoms with Gasteiger partial charge in [0.1, 0.15) is 5.58 Å². The van der Waals surface area contributed by atoms with Gasteiger partial charge in [-0.15, -0.1) is 0 Å². The first kappa shape index (κ1) is 20.0. The van der Waals surface area contributed by atoms with Crippen molar-refractivity contribution in [2.45, 2.75) is 13.0 Å². The van der Waals surface area contributed by atoms with E-state index in [0.717, 1.165) is 11.1 Å². The summed E-state index contributed by atoms with van der Waals surface area (Å²) in [6.07, 6.45) is 0. The van der Waals surface area contributed by atoms with Gasteiger partial charge in [0, 0.05) is 23.1 Å². The zero-order chi connectivity index (χ0) is 20.9. The number of likely N-dealkylation sites (N-methyl/N-ethyl adjacent to an activating group) is 1. The van der Waals surface area contributed by atoms with E-state index in [1.807, 2.05) is 38.1 Å². The minimum Gasteiger partial charge on any atom is -0.450 e. The van der Waals surface area contributed by atoms with Crippen LogP contribution >= 0.6 is 23.2 Å². The summed E-state index contributed by atoms with van der Waals surface area (Å²) in [5.74, 6) is -0.184. The monoisotopic (exact) mass is 430 g/mol. The lowest BCUT2D eigenvalue weighted by Crippen LogP contribution is -2.35. The molecule has 1 atom stereocenters. The van der Waals surface area contributed by atoms with Crippen LogP contribution in [0.25, 0.3) is 11.0 Å². The van der Waals surface area contributed by atoms with Gasteiger partial charge >= 0.3 is 0 Å². The number of fused-ring (bicyclic) bond motifs is 2. The summed E-state index contributed by atoms with van der Waals surface area (Å²) in [6.45, 7) is 2.94. The van der Waals surface area contributed by atoms with Gasteiger partial charge in [-0.05, 0) is 56.4 Å². The standard InChI is InChI=1S/C22H20Cl2N2O3/c1-12-10-17-15(11-16(12)24)20(27)18-19(13-4-6-14(23)7-5-13)26(9-8-25(2)3)22(28)21(18)29-17/h4-7,10-11,19H,8-9H2,1-3H3. The Morgan fingerprint density at radius 3 is 2.45 bits per heavy atom. The molecule has 0 aliphatic carbocycles. The van der Waals surface area contributed by atoms with Crippen LogP contribution in [0.4, 0.5) is 0 Å². The molecule has 29 heavy (non-hydrogen) atoms. The van der Waals surface area contributed by atoms with E-state index < -0.39 is 6.04 Å². The first-order valence-corrected chi connectivity index (χ1v) is 10.0. The fraction of sp³-hybridized carbons (Fsp3) is 0.273. The predicted molar refractivity (Wildman–Crippen MR) is 115 cm³/mol. The molecule has 0 bridgehead atoms. The van der Waals surface area contributed by atoms with Gasteiger partial charge in [0.25, 0.3) is 5.91 Å². The Labute approximate surface area is 178 Å². The van der Waals surface area contributed by atoms with Crippen LogP contribution in [0.1, 0.15) is 33.3 Å². The molecule has 1 amide bonds. The molecule has 0 spiro atoms. The maximum atomic E-state index is 13.4. The lowest BCUT2D eigenvalue weighted by Gasteiger charge is -2.26. The Kier molecular flexibility index (Phi) is 5.15. The van der Waals surface area contributed by atoms with Crippen LogP contribution in [0.15, 0.2) is 45.6 Å². The molecule has 0 fully saturated rings. The maximum Gasteiger partial charge on any atom is 0.290 e. The zero-order valence-corrected chi connectivity index (χ0v) is 17.8. The molecule has 1 unspecified atom stereocenters. The second-order valence-corrected chi connectivity index (χ2v) is 8.37. The van der Waals surface area contributed by atoms with Crippen molar-refractivity contribution in [1.29, 1.82) is 0 Å². The Balaban J connectivity index is 1.96. The number of carbonyl (C=O) groups is 1. The summed E-state index contributed by atoms with van der Waals surface area (Å²) in [5, 5.41) is 1.45. The largest absolute Gasteiger partial charge is 0.450 e. The van der Waals surface area contributed by atoms with E-state index in [9.17, 15) is 9.59 Å². The molecule has 5 nitrogen and oxygen atoms in total. The van der Waals surface area contributed by atoms with Crippen molar-refractivity contribution in [3.63, 3.8) is 0 Å². The van der Waals surface area contributed by atoms with Gasteiger partial charge in [-0.25, -0.2) is 0 Å². The fourth-order valence-electron chi connectivity index (χ4n) is 3.67. The third-order valence-electron chi connectivity index (χ3n) is 5.22. The molecule has 2 aromatic carbocycles. The second kappa shape index (κ2) is 7.48. The van der Waals surface area contributed by atoms with Crippen LogP contribution in [0.5, 0.6) is 0 Å². The average molecular weight is 431 g/mol. The van der Waals surface area contributed by atoms with Gasteiger partial charge in [-0.2, -0.15) is 0 Å². The first-order chi connectivity index (χ1) is 13.8. The molecular formula is C22H20Cl2N2O3. The Morgan fingerprint density at radius 1 is 1.10 bits per heavy atom. The molecule has 2 heterocycles. The van der Waals surface area contributed by atoms with Crippen molar-refractivity contribution < 1.29 is 9.21 Å². The molecule has 0 N–H and O–H groups in total. The number of benzene rings is 2. The summed E-state index contributed by atoms with van der Waals surface area (Å²) in [4.78, 5) is 30.3.